The molecule has 0 aliphatic rings. The molecular formula is C24H24ClNO3. The number of carbonyl (C=O) groups excluding carboxylic acids is 1. The number of rotatable bonds is 7. The number of carbonyl (C=O) groups is 1. The Balaban J connectivity index is 1.54. The fourth-order valence-electron chi connectivity index (χ4n) is 2.85. The molecule has 0 fully saturated rings. The van der Waals surface area contributed by atoms with E-state index in [1.165, 1.54) is 0 Å². The van der Waals surface area contributed by atoms with Crippen molar-refractivity contribution < 1.29 is 14.3 Å². The first kappa shape index (κ1) is 20.7. The Morgan fingerprint density at radius 1 is 0.966 bits per heavy atom. The molecular weight excluding hydrogens is 386 g/mol. The van der Waals surface area contributed by atoms with Gasteiger partial charge in [-0.15, -0.1) is 0 Å². The van der Waals surface area contributed by atoms with Gasteiger partial charge in [0.25, 0.3) is 5.91 Å². The van der Waals surface area contributed by atoms with Gasteiger partial charge in [0.05, 0.1) is 0 Å². The molecule has 1 N–H and O–H groups in total. The molecule has 0 unspecified atom stereocenters. The Bertz CT molecular complexity index is 948. The van der Waals surface area contributed by atoms with E-state index in [1.54, 1.807) is 6.92 Å². The van der Waals surface area contributed by atoms with Gasteiger partial charge in [-0.3, -0.25) is 4.79 Å². The Hall–Kier alpha value is -2.98. The normalized spacial score (nSPS) is 11.6. The van der Waals surface area contributed by atoms with Crippen molar-refractivity contribution in [3.8, 4) is 11.5 Å². The Morgan fingerprint density at radius 3 is 2.21 bits per heavy atom. The molecule has 1 atom stereocenters. The second-order valence-electron chi connectivity index (χ2n) is 6.92. The first-order chi connectivity index (χ1) is 13.9. The molecule has 3 aromatic carbocycles. The molecule has 0 aliphatic heterocycles. The van der Waals surface area contributed by atoms with Crippen molar-refractivity contribution in [1.29, 1.82) is 0 Å². The van der Waals surface area contributed by atoms with Crippen molar-refractivity contribution in [2.45, 2.75) is 33.5 Å². The summed E-state index contributed by atoms with van der Waals surface area (Å²) in [7, 11) is 0. The number of amides is 1. The first-order valence-corrected chi connectivity index (χ1v) is 9.81. The molecule has 0 bridgehead atoms. The zero-order valence-corrected chi connectivity index (χ0v) is 17.5. The van der Waals surface area contributed by atoms with Crippen molar-refractivity contribution in [3.63, 3.8) is 0 Å². The van der Waals surface area contributed by atoms with Crippen LogP contribution >= 0.6 is 11.6 Å². The number of anilines is 1. The van der Waals surface area contributed by atoms with Gasteiger partial charge in [-0.2, -0.15) is 0 Å². The van der Waals surface area contributed by atoms with Crippen molar-refractivity contribution in [1.82, 2.24) is 0 Å². The van der Waals surface area contributed by atoms with Crippen molar-refractivity contribution >= 4 is 23.2 Å². The van der Waals surface area contributed by atoms with Crippen molar-refractivity contribution in [3.05, 3.63) is 88.4 Å². The molecule has 0 aliphatic carbocycles. The smallest absolute Gasteiger partial charge is 0.265 e. The van der Waals surface area contributed by atoms with Gasteiger partial charge >= 0.3 is 0 Å². The van der Waals surface area contributed by atoms with E-state index in [2.05, 4.69) is 5.32 Å². The van der Waals surface area contributed by atoms with Gasteiger partial charge in [-0.05, 0) is 73.9 Å². The van der Waals surface area contributed by atoms with E-state index in [9.17, 15) is 4.79 Å². The highest BCUT2D eigenvalue weighted by Gasteiger charge is 2.16. The minimum absolute atomic E-state index is 0.229. The fourth-order valence-corrected chi connectivity index (χ4v) is 2.96. The van der Waals surface area contributed by atoms with Gasteiger partial charge in [-0.25, -0.2) is 0 Å². The summed E-state index contributed by atoms with van der Waals surface area (Å²) in [5.41, 5.74) is 3.62. The van der Waals surface area contributed by atoms with Crippen molar-refractivity contribution in [2.75, 3.05) is 5.32 Å². The summed E-state index contributed by atoms with van der Waals surface area (Å²) in [4.78, 5) is 12.5. The van der Waals surface area contributed by atoms with Crippen LogP contribution in [0.4, 0.5) is 5.69 Å². The third kappa shape index (κ3) is 5.75. The van der Waals surface area contributed by atoms with Crippen LogP contribution in [0.3, 0.4) is 0 Å². The Labute approximate surface area is 176 Å². The lowest BCUT2D eigenvalue weighted by atomic mass is 10.1. The van der Waals surface area contributed by atoms with E-state index in [-0.39, 0.29) is 5.91 Å². The molecule has 1 amide bonds. The maximum absolute atomic E-state index is 12.5. The van der Waals surface area contributed by atoms with Crippen LogP contribution in [0.15, 0.2) is 66.7 Å². The van der Waals surface area contributed by atoms with Crippen LogP contribution in [0.5, 0.6) is 11.5 Å². The molecule has 0 saturated carbocycles. The quantitative estimate of drug-likeness (QED) is 0.525. The summed E-state index contributed by atoms with van der Waals surface area (Å²) in [6, 6.07) is 20.9. The summed E-state index contributed by atoms with van der Waals surface area (Å²) in [5, 5.41) is 3.57. The van der Waals surface area contributed by atoms with Crippen LogP contribution in [-0.2, 0) is 11.4 Å². The van der Waals surface area contributed by atoms with Gasteiger partial charge in [-0.1, -0.05) is 41.9 Å². The summed E-state index contributed by atoms with van der Waals surface area (Å²) in [6.07, 6.45) is -0.649. The van der Waals surface area contributed by atoms with Gasteiger partial charge in [0.15, 0.2) is 6.10 Å². The van der Waals surface area contributed by atoms with Gasteiger partial charge in [0, 0.05) is 10.7 Å². The van der Waals surface area contributed by atoms with E-state index in [0.29, 0.717) is 23.1 Å². The summed E-state index contributed by atoms with van der Waals surface area (Å²) in [5.74, 6) is 1.13. The van der Waals surface area contributed by atoms with E-state index in [0.717, 1.165) is 22.4 Å². The van der Waals surface area contributed by atoms with Gasteiger partial charge < -0.3 is 14.8 Å². The van der Waals surface area contributed by atoms with Crippen LogP contribution in [0.2, 0.25) is 5.02 Å². The SMILES string of the molecule is Cc1cc(O[C@H](C)C(=O)Nc2ccc(OCc3ccccc3)cc2)cc(C)c1Cl. The number of ether oxygens (including phenoxy) is 2. The van der Waals surface area contributed by atoms with Gasteiger partial charge in [0.2, 0.25) is 0 Å². The summed E-state index contributed by atoms with van der Waals surface area (Å²) in [6.45, 7) is 6.03. The molecule has 29 heavy (non-hydrogen) atoms. The number of halogens is 1. The highest BCUT2D eigenvalue weighted by Crippen LogP contribution is 2.26. The number of nitrogens with one attached hydrogen (secondary N) is 1. The molecule has 0 spiro atoms. The molecule has 0 radical (unpaired) electrons. The van der Waals surface area contributed by atoms with E-state index in [4.69, 9.17) is 21.1 Å². The lowest BCUT2D eigenvalue weighted by Gasteiger charge is -2.16. The number of aryl methyl sites for hydroxylation is 2. The third-order valence-corrected chi connectivity index (χ3v) is 5.06. The predicted octanol–water partition coefficient (Wildman–Crippen LogP) is 5.94. The zero-order chi connectivity index (χ0) is 20.8. The minimum Gasteiger partial charge on any atom is -0.489 e. The molecule has 4 nitrogen and oxygen atoms in total. The first-order valence-electron chi connectivity index (χ1n) is 9.43. The maximum atomic E-state index is 12.5. The Morgan fingerprint density at radius 2 is 1.59 bits per heavy atom. The number of hydrogen-bond acceptors (Lipinski definition) is 3. The van der Waals surface area contributed by atoms with E-state index in [1.807, 2.05) is 80.6 Å². The van der Waals surface area contributed by atoms with Gasteiger partial charge in [0.1, 0.15) is 18.1 Å². The number of benzene rings is 3. The molecule has 0 aromatic heterocycles. The van der Waals surface area contributed by atoms with E-state index < -0.39 is 6.10 Å². The molecule has 3 aromatic rings. The monoisotopic (exact) mass is 409 g/mol. The zero-order valence-electron chi connectivity index (χ0n) is 16.7. The molecule has 0 heterocycles. The third-order valence-electron chi connectivity index (χ3n) is 4.46. The largest absolute Gasteiger partial charge is 0.489 e. The highest BCUT2D eigenvalue weighted by atomic mass is 35.5. The van der Waals surface area contributed by atoms with E-state index >= 15 is 0 Å². The second kappa shape index (κ2) is 9.48. The average Bonchev–Trinajstić information content (AvgIpc) is 2.72. The molecule has 0 saturated heterocycles. The molecule has 5 heteroatoms. The van der Waals surface area contributed by atoms with Crippen LogP contribution in [0.1, 0.15) is 23.6 Å². The lowest BCUT2D eigenvalue weighted by molar-refractivity contribution is -0.122. The van der Waals surface area contributed by atoms with Crippen LogP contribution in [-0.4, -0.2) is 12.0 Å². The molecule has 3 rings (SSSR count). The minimum atomic E-state index is -0.649. The fraction of sp³-hybridized carbons (Fsp3) is 0.208. The number of hydrogen-bond donors (Lipinski definition) is 1. The van der Waals surface area contributed by atoms with Crippen LogP contribution < -0.4 is 14.8 Å². The second-order valence-corrected chi connectivity index (χ2v) is 7.30. The predicted molar refractivity (Wildman–Crippen MR) is 117 cm³/mol. The summed E-state index contributed by atoms with van der Waals surface area (Å²) >= 11 is 6.18. The summed E-state index contributed by atoms with van der Waals surface area (Å²) < 4.78 is 11.5. The highest BCUT2D eigenvalue weighted by molar-refractivity contribution is 6.32. The van der Waals surface area contributed by atoms with Crippen LogP contribution in [0, 0.1) is 13.8 Å². The van der Waals surface area contributed by atoms with Crippen LogP contribution in [0.25, 0.3) is 0 Å². The molecule has 150 valence electrons. The maximum Gasteiger partial charge on any atom is 0.265 e. The standard InChI is InChI=1S/C24H24ClNO3/c1-16-13-22(14-17(2)23(16)25)29-18(3)24(27)26-20-9-11-21(12-10-20)28-15-19-7-5-4-6-8-19/h4-14,18H,15H2,1-3H3,(H,26,27)/t18-/m1/s1. The lowest BCUT2D eigenvalue weighted by Crippen LogP contribution is -2.30. The topological polar surface area (TPSA) is 47.6 Å². The van der Waals surface area contributed by atoms with Crippen molar-refractivity contribution in [2.24, 2.45) is 0 Å². The average molecular weight is 410 g/mol. The Kier molecular flexibility index (Phi) is 6.78.